The van der Waals surface area contributed by atoms with Gasteiger partial charge in [-0.1, -0.05) is 27.5 Å². The highest BCUT2D eigenvalue weighted by Gasteiger charge is 2.38. The lowest BCUT2D eigenvalue weighted by Crippen LogP contribution is -2.02. The van der Waals surface area contributed by atoms with E-state index in [-0.39, 0.29) is 0 Å². The van der Waals surface area contributed by atoms with E-state index in [9.17, 15) is 0 Å². The normalized spacial score (nSPS) is 26.1. The zero-order valence-electron chi connectivity index (χ0n) is 7.13. The van der Waals surface area contributed by atoms with Gasteiger partial charge in [-0.2, -0.15) is 0 Å². The van der Waals surface area contributed by atoms with Crippen LogP contribution in [0.3, 0.4) is 0 Å². The SMILES string of the molecule is NC[C@@H]1C[C@H]1c1cc(Cl)ccc1Br. The van der Waals surface area contributed by atoms with Crippen LogP contribution in [0.5, 0.6) is 0 Å². The van der Waals surface area contributed by atoms with Crippen molar-refractivity contribution < 1.29 is 0 Å². The Hall–Kier alpha value is -0.0500. The molecule has 0 aromatic heterocycles. The van der Waals surface area contributed by atoms with E-state index in [0.29, 0.717) is 11.8 Å². The molecule has 0 unspecified atom stereocenters. The minimum absolute atomic E-state index is 0.623. The molecule has 0 aliphatic heterocycles. The summed E-state index contributed by atoms with van der Waals surface area (Å²) in [5, 5.41) is 0.806. The fourth-order valence-corrected chi connectivity index (χ4v) is 2.41. The molecule has 0 bridgehead atoms. The summed E-state index contributed by atoms with van der Waals surface area (Å²) >= 11 is 9.46. The van der Waals surface area contributed by atoms with Gasteiger partial charge in [0.25, 0.3) is 0 Å². The van der Waals surface area contributed by atoms with Crippen molar-refractivity contribution in [3.05, 3.63) is 33.3 Å². The van der Waals surface area contributed by atoms with Crippen LogP contribution in [-0.2, 0) is 0 Å². The van der Waals surface area contributed by atoms with Gasteiger partial charge in [0, 0.05) is 9.50 Å². The second-order valence-corrected chi connectivity index (χ2v) is 4.79. The highest BCUT2D eigenvalue weighted by Crippen LogP contribution is 2.49. The van der Waals surface area contributed by atoms with Crippen molar-refractivity contribution in [1.29, 1.82) is 0 Å². The summed E-state index contributed by atoms with van der Waals surface area (Å²) in [5.74, 6) is 1.29. The first-order valence-electron chi connectivity index (χ1n) is 4.37. The van der Waals surface area contributed by atoms with Crippen molar-refractivity contribution in [2.45, 2.75) is 12.3 Å². The van der Waals surface area contributed by atoms with Gasteiger partial charge in [0.05, 0.1) is 0 Å². The summed E-state index contributed by atoms with van der Waals surface area (Å²) in [6.45, 7) is 0.781. The largest absolute Gasteiger partial charge is 0.330 e. The van der Waals surface area contributed by atoms with Crippen LogP contribution in [-0.4, -0.2) is 6.54 Å². The van der Waals surface area contributed by atoms with E-state index in [1.54, 1.807) is 0 Å². The Morgan fingerprint density at radius 3 is 2.92 bits per heavy atom. The smallest absolute Gasteiger partial charge is 0.0409 e. The highest BCUT2D eigenvalue weighted by molar-refractivity contribution is 9.10. The summed E-state index contributed by atoms with van der Waals surface area (Å²) in [6, 6.07) is 5.94. The molecule has 0 saturated heterocycles. The molecule has 1 nitrogen and oxygen atoms in total. The van der Waals surface area contributed by atoms with E-state index in [4.69, 9.17) is 17.3 Å². The Morgan fingerprint density at radius 2 is 2.31 bits per heavy atom. The van der Waals surface area contributed by atoms with Gasteiger partial charge in [0.15, 0.2) is 0 Å². The minimum atomic E-state index is 0.623. The summed E-state index contributed by atoms with van der Waals surface area (Å²) in [5.41, 5.74) is 6.91. The fourth-order valence-electron chi connectivity index (χ4n) is 1.69. The highest BCUT2D eigenvalue weighted by atomic mass is 79.9. The third-order valence-electron chi connectivity index (χ3n) is 2.58. The van der Waals surface area contributed by atoms with Crippen LogP contribution in [0.25, 0.3) is 0 Å². The van der Waals surface area contributed by atoms with Crippen molar-refractivity contribution >= 4 is 27.5 Å². The van der Waals surface area contributed by atoms with Crippen LogP contribution in [0, 0.1) is 5.92 Å². The molecule has 13 heavy (non-hydrogen) atoms. The van der Waals surface area contributed by atoms with Gasteiger partial charge in [-0.3, -0.25) is 0 Å². The summed E-state index contributed by atoms with van der Waals surface area (Å²) in [7, 11) is 0. The lowest BCUT2D eigenvalue weighted by molar-refractivity contribution is 0.808. The quantitative estimate of drug-likeness (QED) is 0.868. The molecule has 0 amide bonds. The number of nitrogens with two attached hydrogens (primary N) is 1. The molecule has 0 spiro atoms. The molecule has 0 heterocycles. The molecule has 2 atom stereocenters. The molecule has 1 fully saturated rings. The molecule has 1 saturated carbocycles. The number of hydrogen-bond donors (Lipinski definition) is 1. The minimum Gasteiger partial charge on any atom is -0.330 e. The molecule has 1 aromatic carbocycles. The molecule has 3 heteroatoms. The molecule has 1 aromatic rings. The molecule has 2 N–H and O–H groups in total. The average molecular weight is 261 g/mol. The second kappa shape index (κ2) is 3.60. The maximum Gasteiger partial charge on any atom is 0.0409 e. The summed E-state index contributed by atoms with van der Waals surface area (Å²) in [4.78, 5) is 0. The van der Waals surface area contributed by atoms with Gasteiger partial charge in [-0.15, -0.1) is 0 Å². The number of hydrogen-bond acceptors (Lipinski definition) is 1. The topological polar surface area (TPSA) is 26.0 Å². The maximum atomic E-state index is 5.93. The van der Waals surface area contributed by atoms with E-state index < -0.39 is 0 Å². The van der Waals surface area contributed by atoms with Gasteiger partial charge in [0.1, 0.15) is 0 Å². The Morgan fingerprint density at radius 1 is 1.54 bits per heavy atom. The lowest BCUT2D eigenvalue weighted by Gasteiger charge is -2.03. The lowest BCUT2D eigenvalue weighted by atomic mass is 10.1. The molecule has 2 rings (SSSR count). The molecule has 1 aliphatic rings. The third-order valence-corrected chi connectivity index (χ3v) is 3.54. The first-order valence-corrected chi connectivity index (χ1v) is 5.54. The second-order valence-electron chi connectivity index (χ2n) is 3.50. The van der Waals surface area contributed by atoms with E-state index in [1.165, 1.54) is 12.0 Å². The Bertz CT molecular complexity index is 327. The van der Waals surface area contributed by atoms with Crippen LogP contribution >= 0.6 is 27.5 Å². The summed E-state index contributed by atoms with van der Waals surface area (Å²) in [6.07, 6.45) is 1.20. The van der Waals surface area contributed by atoms with E-state index in [2.05, 4.69) is 15.9 Å². The van der Waals surface area contributed by atoms with Crippen molar-refractivity contribution in [2.24, 2.45) is 11.7 Å². The third kappa shape index (κ3) is 1.90. The van der Waals surface area contributed by atoms with Crippen molar-refractivity contribution in [3.63, 3.8) is 0 Å². The Kier molecular flexibility index (Phi) is 2.63. The van der Waals surface area contributed by atoms with Crippen LogP contribution in [0.2, 0.25) is 5.02 Å². The average Bonchev–Trinajstić information content (AvgIpc) is 2.88. The van der Waals surface area contributed by atoms with Gasteiger partial charge < -0.3 is 5.73 Å². The first kappa shape index (κ1) is 9.50. The predicted molar refractivity (Wildman–Crippen MR) is 59.1 cm³/mol. The zero-order valence-corrected chi connectivity index (χ0v) is 9.48. The van der Waals surface area contributed by atoms with E-state index in [1.807, 2.05) is 18.2 Å². The van der Waals surface area contributed by atoms with Crippen LogP contribution in [0.15, 0.2) is 22.7 Å². The monoisotopic (exact) mass is 259 g/mol. The van der Waals surface area contributed by atoms with Gasteiger partial charge in [-0.05, 0) is 48.6 Å². The number of benzene rings is 1. The van der Waals surface area contributed by atoms with Crippen molar-refractivity contribution in [3.8, 4) is 0 Å². The van der Waals surface area contributed by atoms with Crippen molar-refractivity contribution in [1.82, 2.24) is 0 Å². The van der Waals surface area contributed by atoms with Crippen LogP contribution < -0.4 is 5.73 Å². The summed E-state index contributed by atoms with van der Waals surface area (Å²) < 4.78 is 1.15. The molecule has 70 valence electrons. The Labute approximate surface area is 91.4 Å². The fraction of sp³-hybridized carbons (Fsp3) is 0.400. The Balaban J connectivity index is 2.25. The van der Waals surface area contributed by atoms with E-state index in [0.717, 1.165) is 16.0 Å². The molecular weight excluding hydrogens is 249 g/mol. The first-order chi connectivity index (χ1) is 6.22. The van der Waals surface area contributed by atoms with E-state index >= 15 is 0 Å². The van der Waals surface area contributed by atoms with Gasteiger partial charge in [0.2, 0.25) is 0 Å². The number of halogens is 2. The number of rotatable bonds is 2. The van der Waals surface area contributed by atoms with Crippen molar-refractivity contribution in [2.75, 3.05) is 6.54 Å². The van der Waals surface area contributed by atoms with Crippen LogP contribution in [0.1, 0.15) is 17.9 Å². The maximum absolute atomic E-state index is 5.93. The zero-order chi connectivity index (χ0) is 9.42. The van der Waals surface area contributed by atoms with Gasteiger partial charge in [-0.25, -0.2) is 0 Å². The standard InChI is InChI=1S/C10H11BrClN/c11-10-2-1-7(12)4-9(10)8-3-6(8)5-13/h1-2,4,6,8H,3,5,13H2/t6-,8+/m0/s1. The molecular formula is C10H11BrClN. The molecule has 0 radical (unpaired) electrons. The van der Waals surface area contributed by atoms with Gasteiger partial charge >= 0.3 is 0 Å². The predicted octanol–water partition coefficient (Wildman–Crippen LogP) is 3.16. The molecule has 1 aliphatic carbocycles. The van der Waals surface area contributed by atoms with Crippen LogP contribution in [0.4, 0.5) is 0 Å².